The maximum absolute atomic E-state index is 12.2. The predicted octanol–water partition coefficient (Wildman–Crippen LogP) is 1.17. The normalized spacial score (nSPS) is 14.2. The maximum Gasteiger partial charge on any atom is 0.404 e. The van der Waals surface area contributed by atoms with Crippen molar-refractivity contribution >= 4 is 46.6 Å². The Morgan fingerprint density at radius 3 is 2.52 bits per heavy atom. The molecular weight excluding hydrogens is 441 g/mol. The van der Waals surface area contributed by atoms with E-state index in [-0.39, 0.29) is 19.1 Å². The van der Waals surface area contributed by atoms with Crippen molar-refractivity contribution < 1.29 is 24.6 Å². The molecule has 8 nitrogen and oxygen atoms in total. The van der Waals surface area contributed by atoms with Crippen LogP contribution in [0.5, 0.6) is 0 Å². The van der Waals surface area contributed by atoms with Gasteiger partial charge >= 0.3 is 6.09 Å². The minimum atomic E-state index is -1.23. The molecular formula is C16H22IN3O5. The molecule has 25 heavy (non-hydrogen) atoms. The van der Waals surface area contributed by atoms with Crippen molar-refractivity contribution in [1.29, 1.82) is 0 Å². The van der Waals surface area contributed by atoms with E-state index in [0.717, 1.165) is 9.13 Å². The van der Waals surface area contributed by atoms with Gasteiger partial charge in [-0.3, -0.25) is 4.79 Å². The summed E-state index contributed by atoms with van der Waals surface area (Å²) in [7, 11) is 0. The average Bonchev–Trinajstić information content (AvgIpc) is 2.57. The van der Waals surface area contributed by atoms with Crippen LogP contribution in [0.1, 0.15) is 19.4 Å². The van der Waals surface area contributed by atoms with Crippen molar-refractivity contribution in [3.8, 4) is 0 Å². The Morgan fingerprint density at radius 1 is 1.32 bits per heavy atom. The summed E-state index contributed by atoms with van der Waals surface area (Å²) in [5, 5.41) is 25.9. The first-order valence-electron chi connectivity index (χ1n) is 7.66. The van der Waals surface area contributed by atoms with Gasteiger partial charge in [-0.1, -0.05) is 13.0 Å². The zero-order valence-electron chi connectivity index (χ0n) is 14.0. The van der Waals surface area contributed by atoms with E-state index in [2.05, 4.69) is 38.5 Å². The maximum atomic E-state index is 12.2. The highest BCUT2D eigenvalue weighted by Gasteiger charge is 2.21. The molecule has 0 heterocycles. The summed E-state index contributed by atoms with van der Waals surface area (Å²) in [4.78, 5) is 33.9. The zero-order chi connectivity index (χ0) is 19.0. The smallest absolute Gasteiger partial charge is 0.404 e. The van der Waals surface area contributed by atoms with Crippen LogP contribution in [-0.4, -0.2) is 47.1 Å². The highest BCUT2D eigenvalue weighted by Crippen LogP contribution is 2.18. The summed E-state index contributed by atoms with van der Waals surface area (Å²) in [6.07, 6.45) is -0.561. The first-order chi connectivity index (χ1) is 11.8. The van der Waals surface area contributed by atoms with Gasteiger partial charge in [0.25, 0.3) is 0 Å². The Morgan fingerprint density at radius 2 is 2.00 bits per heavy atom. The van der Waals surface area contributed by atoms with Crippen LogP contribution < -0.4 is 16.0 Å². The molecule has 0 saturated carbocycles. The van der Waals surface area contributed by atoms with E-state index in [9.17, 15) is 14.4 Å². The summed E-state index contributed by atoms with van der Waals surface area (Å²) >= 11 is 2.07. The van der Waals surface area contributed by atoms with Crippen molar-refractivity contribution in [2.75, 3.05) is 11.9 Å². The largest absolute Gasteiger partial charge is 0.465 e. The van der Waals surface area contributed by atoms with Gasteiger partial charge in [0.2, 0.25) is 5.91 Å². The number of carboxylic acid groups (broad SMARTS) is 1. The Labute approximate surface area is 159 Å². The number of carbonyl (C=O) groups excluding carboxylic acids is 2. The van der Waals surface area contributed by atoms with Gasteiger partial charge in [0.1, 0.15) is 6.29 Å². The zero-order valence-corrected chi connectivity index (χ0v) is 16.1. The van der Waals surface area contributed by atoms with E-state index in [1.165, 1.54) is 0 Å². The van der Waals surface area contributed by atoms with E-state index < -0.39 is 24.1 Å². The second-order valence-corrected chi connectivity index (χ2v) is 6.80. The molecule has 3 atom stereocenters. The molecule has 9 heteroatoms. The van der Waals surface area contributed by atoms with Crippen LogP contribution in [0.2, 0.25) is 0 Å². The number of halogens is 1. The van der Waals surface area contributed by atoms with Crippen molar-refractivity contribution in [1.82, 2.24) is 10.6 Å². The van der Waals surface area contributed by atoms with Crippen molar-refractivity contribution in [3.63, 3.8) is 0 Å². The molecule has 1 unspecified atom stereocenters. The van der Waals surface area contributed by atoms with Crippen LogP contribution in [0, 0.1) is 9.49 Å². The van der Waals surface area contributed by atoms with Crippen LogP contribution in [0.15, 0.2) is 18.2 Å². The van der Waals surface area contributed by atoms with Gasteiger partial charge in [-0.15, -0.1) is 0 Å². The minimum absolute atomic E-state index is 0.0721. The summed E-state index contributed by atoms with van der Waals surface area (Å²) in [6, 6.07) is 3.96. The van der Waals surface area contributed by atoms with Gasteiger partial charge in [-0.2, -0.15) is 0 Å². The fraction of sp³-hybridized carbons (Fsp3) is 0.438. The summed E-state index contributed by atoms with van der Waals surface area (Å²) in [6.45, 7) is 3.32. The molecule has 0 spiro atoms. The third-order valence-corrected chi connectivity index (χ3v) is 4.69. The van der Waals surface area contributed by atoms with E-state index in [1.54, 1.807) is 32.0 Å². The quantitative estimate of drug-likeness (QED) is 0.277. The van der Waals surface area contributed by atoms with Crippen LogP contribution in [-0.2, 0) is 16.2 Å². The predicted molar refractivity (Wildman–Crippen MR) is 101 cm³/mol. The lowest BCUT2D eigenvalue weighted by atomic mass is 10.0. The Kier molecular flexibility index (Phi) is 8.79. The number of benzene rings is 1. The molecule has 5 N–H and O–H groups in total. The fourth-order valence-corrected chi connectivity index (χ4v) is 2.71. The van der Waals surface area contributed by atoms with Gasteiger partial charge < -0.3 is 31.0 Å². The fourth-order valence-electron chi connectivity index (χ4n) is 2.02. The Bertz CT molecular complexity index is 626. The Hall–Kier alpha value is -1.72. The number of nitrogens with one attached hydrogen (secondary N) is 3. The minimum Gasteiger partial charge on any atom is -0.465 e. The number of amides is 2. The topological polar surface area (TPSA) is 128 Å². The number of anilines is 1. The van der Waals surface area contributed by atoms with Crippen LogP contribution in [0.25, 0.3) is 0 Å². The molecule has 0 radical (unpaired) electrons. The molecule has 138 valence electrons. The molecule has 0 aliphatic heterocycles. The van der Waals surface area contributed by atoms with Crippen molar-refractivity contribution in [3.05, 3.63) is 27.3 Å². The molecule has 0 aliphatic carbocycles. The van der Waals surface area contributed by atoms with E-state index in [1.807, 2.05) is 0 Å². The molecule has 0 aromatic heterocycles. The number of aliphatic hydroxyl groups is 1. The number of carbonyl (C=O) groups is 3. The number of hydrogen-bond donors (Lipinski definition) is 5. The molecule has 1 aromatic rings. The van der Waals surface area contributed by atoms with Gasteiger partial charge in [0.15, 0.2) is 0 Å². The van der Waals surface area contributed by atoms with Gasteiger partial charge in [-0.25, -0.2) is 4.79 Å². The molecule has 0 saturated heterocycles. The molecule has 0 bridgehead atoms. The summed E-state index contributed by atoms with van der Waals surface area (Å²) < 4.78 is 0.837. The lowest BCUT2D eigenvalue weighted by molar-refractivity contribution is -0.117. The molecule has 2 amide bonds. The number of rotatable bonds is 9. The van der Waals surface area contributed by atoms with E-state index in [4.69, 9.17) is 10.2 Å². The number of aldehydes is 1. The van der Waals surface area contributed by atoms with Crippen LogP contribution in [0.3, 0.4) is 0 Å². The van der Waals surface area contributed by atoms with Gasteiger partial charge in [0.05, 0.1) is 18.7 Å². The molecule has 0 fully saturated rings. The third-order valence-electron chi connectivity index (χ3n) is 3.69. The molecule has 0 aliphatic rings. The number of aliphatic hydroxyl groups excluding tert-OH is 1. The monoisotopic (exact) mass is 463 g/mol. The van der Waals surface area contributed by atoms with Crippen molar-refractivity contribution in [2.45, 2.75) is 32.5 Å². The average molecular weight is 463 g/mol. The summed E-state index contributed by atoms with van der Waals surface area (Å²) in [5.41, 5.74) is 1.37. The number of hydrogen-bond acceptors (Lipinski definition) is 5. The first-order valence-corrected chi connectivity index (χ1v) is 8.74. The third kappa shape index (κ3) is 6.96. The Balaban J connectivity index is 2.62. The highest BCUT2D eigenvalue weighted by molar-refractivity contribution is 14.1. The first kappa shape index (κ1) is 21.3. The van der Waals surface area contributed by atoms with E-state index >= 15 is 0 Å². The van der Waals surface area contributed by atoms with Gasteiger partial charge in [-0.05, 0) is 47.2 Å². The van der Waals surface area contributed by atoms with Crippen molar-refractivity contribution in [2.24, 2.45) is 5.92 Å². The molecule has 1 rings (SSSR count). The van der Waals surface area contributed by atoms with Crippen LogP contribution >= 0.6 is 22.6 Å². The highest BCUT2D eigenvalue weighted by atomic mass is 127. The van der Waals surface area contributed by atoms with Gasteiger partial charge in [0, 0.05) is 21.7 Å². The molecule has 1 aromatic carbocycles. The van der Waals surface area contributed by atoms with Crippen LogP contribution in [0.4, 0.5) is 10.5 Å². The second-order valence-electron chi connectivity index (χ2n) is 5.63. The lowest BCUT2D eigenvalue weighted by Gasteiger charge is -2.22. The van der Waals surface area contributed by atoms with E-state index in [0.29, 0.717) is 12.0 Å². The SMILES string of the molecule is C[C@H](NCC(NC(=O)O)[C@H](C)C=O)C(=O)Nc1ccc(CO)c(I)c1. The second kappa shape index (κ2) is 10.3. The standard InChI is InChI=1S/C16H22IN3O5/c1-9(7-21)14(20-16(24)25)6-18-10(2)15(23)19-12-4-3-11(8-22)13(17)5-12/h3-5,7,9-10,14,18,20,22H,6,8H2,1-2H3,(H,19,23)(H,24,25)/t9-,10+,14?/m1/s1. The lowest BCUT2D eigenvalue weighted by Crippen LogP contribution is -2.50. The summed E-state index contributed by atoms with van der Waals surface area (Å²) in [5.74, 6) is -0.813.